The Morgan fingerprint density at radius 1 is 1.26 bits per heavy atom. The van der Waals surface area contributed by atoms with Crippen molar-refractivity contribution in [1.82, 2.24) is 30.4 Å². The SMILES string of the molecule is O=C(NC(c1cn[nH]c1)c1ccc(Cl)c(F)c1)N1CCc2cnc(NC3CCOCC3)nc2C1. The van der Waals surface area contributed by atoms with Gasteiger partial charge in [0.25, 0.3) is 0 Å². The number of benzene rings is 1. The monoisotopic (exact) mass is 485 g/mol. The van der Waals surface area contributed by atoms with Crippen molar-refractivity contribution in [2.75, 3.05) is 25.1 Å². The number of anilines is 1. The number of hydrogen-bond donors (Lipinski definition) is 3. The molecule has 11 heteroatoms. The largest absolute Gasteiger partial charge is 0.381 e. The van der Waals surface area contributed by atoms with E-state index in [1.165, 1.54) is 12.1 Å². The predicted molar refractivity (Wildman–Crippen MR) is 124 cm³/mol. The van der Waals surface area contributed by atoms with Crippen molar-refractivity contribution in [1.29, 1.82) is 0 Å². The van der Waals surface area contributed by atoms with Crippen LogP contribution in [-0.4, -0.2) is 56.9 Å². The lowest BCUT2D eigenvalue weighted by molar-refractivity contribution is 0.0903. The Bertz CT molecular complexity index is 1150. The third-order valence-electron chi connectivity index (χ3n) is 6.19. The van der Waals surface area contributed by atoms with E-state index in [-0.39, 0.29) is 17.1 Å². The first-order chi connectivity index (χ1) is 16.6. The summed E-state index contributed by atoms with van der Waals surface area (Å²) in [7, 11) is 0. The van der Waals surface area contributed by atoms with Crippen LogP contribution < -0.4 is 10.6 Å². The van der Waals surface area contributed by atoms with Crippen molar-refractivity contribution in [2.45, 2.75) is 37.9 Å². The smallest absolute Gasteiger partial charge is 0.318 e. The van der Waals surface area contributed by atoms with E-state index in [0.717, 1.165) is 37.3 Å². The number of rotatable bonds is 5. The number of nitrogens with zero attached hydrogens (tertiary/aromatic N) is 4. The van der Waals surface area contributed by atoms with E-state index < -0.39 is 11.9 Å². The molecule has 1 aromatic carbocycles. The zero-order chi connectivity index (χ0) is 23.5. The highest BCUT2D eigenvalue weighted by atomic mass is 35.5. The first-order valence-corrected chi connectivity index (χ1v) is 11.6. The molecular formula is C23H25ClFN7O2. The number of H-pyrrole nitrogens is 1. The van der Waals surface area contributed by atoms with Gasteiger partial charge in [0.05, 0.1) is 29.5 Å². The summed E-state index contributed by atoms with van der Waals surface area (Å²) in [5, 5.41) is 13.1. The minimum Gasteiger partial charge on any atom is -0.381 e. The average molecular weight is 486 g/mol. The zero-order valence-electron chi connectivity index (χ0n) is 18.4. The lowest BCUT2D eigenvalue weighted by Gasteiger charge is -2.30. The second kappa shape index (κ2) is 9.94. The first-order valence-electron chi connectivity index (χ1n) is 11.2. The topological polar surface area (TPSA) is 108 Å². The van der Waals surface area contributed by atoms with Gasteiger partial charge in [-0.3, -0.25) is 5.10 Å². The average Bonchev–Trinajstić information content (AvgIpc) is 3.39. The molecule has 1 unspecified atom stereocenters. The fourth-order valence-corrected chi connectivity index (χ4v) is 4.37. The molecule has 1 fully saturated rings. The van der Waals surface area contributed by atoms with E-state index in [9.17, 15) is 9.18 Å². The summed E-state index contributed by atoms with van der Waals surface area (Å²) in [5.74, 6) is 0.0240. The molecule has 5 rings (SSSR count). The van der Waals surface area contributed by atoms with Crippen LogP contribution in [0.25, 0.3) is 0 Å². The third-order valence-corrected chi connectivity index (χ3v) is 6.49. The Morgan fingerprint density at radius 3 is 2.88 bits per heavy atom. The maximum absolute atomic E-state index is 14.1. The molecular weight excluding hydrogens is 461 g/mol. The summed E-state index contributed by atoms with van der Waals surface area (Å²) >= 11 is 5.85. The molecule has 9 nitrogen and oxygen atoms in total. The number of carbonyl (C=O) groups is 1. The molecule has 1 saturated heterocycles. The van der Waals surface area contributed by atoms with Crippen molar-refractivity contribution in [3.05, 3.63) is 70.0 Å². The predicted octanol–water partition coefficient (Wildman–Crippen LogP) is 3.44. The van der Waals surface area contributed by atoms with Crippen LogP contribution in [0, 0.1) is 5.82 Å². The second-order valence-corrected chi connectivity index (χ2v) is 8.86. The fraction of sp³-hybridized carbons (Fsp3) is 0.391. The molecule has 3 N–H and O–H groups in total. The van der Waals surface area contributed by atoms with Gasteiger partial charge in [-0.1, -0.05) is 17.7 Å². The molecule has 2 aliphatic heterocycles. The molecule has 4 heterocycles. The van der Waals surface area contributed by atoms with Crippen molar-refractivity contribution in [2.24, 2.45) is 0 Å². The van der Waals surface area contributed by atoms with Gasteiger partial charge < -0.3 is 20.3 Å². The van der Waals surface area contributed by atoms with Crippen molar-refractivity contribution < 1.29 is 13.9 Å². The van der Waals surface area contributed by atoms with Crippen LogP contribution in [0.3, 0.4) is 0 Å². The van der Waals surface area contributed by atoms with Crippen LogP contribution >= 0.6 is 11.6 Å². The van der Waals surface area contributed by atoms with Gasteiger partial charge in [0.1, 0.15) is 5.82 Å². The van der Waals surface area contributed by atoms with E-state index >= 15 is 0 Å². The van der Waals surface area contributed by atoms with Crippen LogP contribution in [0.1, 0.15) is 41.3 Å². The lowest BCUT2D eigenvalue weighted by Crippen LogP contribution is -2.44. The van der Waals surface area contributed by atoms with Crippen LogP contribution in [0.2, 0.25) is 5.02 Å². The Labute approximate surface area is 201 Å². The molecule has 3 aromatic rings. The summed E-state index contributed by atoms with van der Waals surface area (Å²) in [6, 6.07) is 3.92. The molecule has 1 atom stereocenters. The number of aromatic nitrogens is 4. The van der Waals surface area contributed by atoms with Crippen molar-refractivity contribution in [3.8, 4) is 0 Å². The Balaban J connectivity index is 1.30. The number of amides is 2. The molecule has 2 aromatic heterocycles. The van der Waals surface area contributed by atoms with Gasteiger partial charge in [-0.15, -0.1) is 0 Å². The lowest BCUT2D eigenvalue weighted by atomic mass is 10.0. The summed E-state index contributed by atoms with van der Waals surface area (Å²) < 4.78 is 19.5. The van der Waals surface area contributed by atoms with E-state index in [4.69, 9.17) is 16.3 Å². The Hall–Kier alpha value is -3.24. The van der Waals surface area contributed by atoms with Gasteiger partial charge >= 0.3 is 6.03 Å². The number of fused-ring (bicyclic) bond motifs is 1. The fourth-order valence-electron chi connectivity index (χ4n) is 4.26. The number of ether oxygens (including phenoxy) is 1. The summed E-state index contributed by atoms with van der Waals surface area (Å²) in [4.78, 5) is 24.1. The first kappa shape index (κ1) is 22.5. The molecule has 0 bridgehead atoms. The number of aromatic amines is 1. The maximum Gasteiger partial charge on any atom is 0.318 e. The highest BCUT2D eigenvalue weighted by Gasteiger charge is 2.27. The van der Waals surface area contributed by atoms with Crippen LogP contribution in [0.5, 0.6) is 0 Å². The Morgan fingerprint density at radius 2 is 2.12 bits per heavy atom. The number of urea groups is 1. The van der Waals surface area contributed by atoms with Gasteiger partial charge in [0.15, 0.2) is 0 Å². The van der Waals surface area contributed by atoms with Gasteiger partial charge in [-0.2, -0.15) is 5.10 Å². The zero-order valence-corrected chi connectivity index (χ0v) is 19.2. The van der Waals surface area contributed by atoms with Gasteiger partial charge in [0, 0.05) is 43.8 Å². The number of nitrogens with one attached hydrogen (secondary N) is 3. The van der Waals surface area contributed by atoms with Crippen molar-refractivity contribution >= 4 is 23.6 Å². The quantitative estimate of drug-likeness (QED) is 0.511. The summed E-state index contributed by atoms with van der Waals surface area (Å²) in [6.45, 7) is 2.35. The minimum absolute atomic E-state index is 0.0264. The standard InChI is InChI=1S/C23H25ClFN7O2/c24-18-2-1-14(9-19(18)25)21(16-11-27-28-12-16)31-23(33)32-6-3-15-10-26-22(30-20(15)13-32)29-17-4-7-34-8-5-17/h1-2,9-12,17,21H,3-8,13H2,(H,27,28)(H,31,33)(H,26,29,30). The molecule has 0 spiro atoms. The summed E-state index contributed by atoms with van der Waals surface area (Å²) in [6.07, 6.45) is 7.59. The van der Waals surface area contributed by atoms with Crippen LogP contribution in [0.4, 0.5) is 15.1 Å². The van der Waals surface area contributed by atoms with Gasteiger partial charge in [-0.05, 0) is 42.5 Å². The number of hydrogen-bond acceptors (Lipinski definition) is 6. The van der Waals surface area contributed by atoms with E-state index in [1.54, 1.807) is 23.4 Å². The van der Waals surface area contributed by atoms with Gasteiger partial charge in [0.2, 0.25) is 5.95 Å². The normalized spacial score (nSPS) is 17.2. The molecule has 0 radical (unpaired) electrons. The van der Waals surface area contributed by atoms with Crippen molar-refractivity contribution in [3.63, 3.8) is 0 Å². The molecule has 34 heavy (non-hydrogen) atoms. The number of carbonyl (C=O) groups excluding carboxylic acids is 1. The van der Waals surface area contributed by atoms with E-state index in [2.05, 4.69) is 30.8 Å². The third kappa shape index (κ3) is 4.97. The Kier molecular flexibility index (Phi) is 6.59. The van der Waals surface area contributed by atoms with E-state index in [1.807, 2.05) is 6.20 Å². The highest BCUT2D eigenvalue weighted by molar-refractivity contribution is 6.30. The van der Waals surface area contributed by atoms with Crippen LogP contribution in [0.15, 0.2) is 36.8 Å². The molecule has 178 valence electrons. The second-order valence-electron chi connectivity index (χ2n) is 8.46. The molecule has 2 amide bonds. The minimum atomic E-state index is -0.587. The number of halogens is 2. The maximum atomic E-state index is 14.1. The highest BCUT2D eigenvalue weighted by Crippen LogP contribution is 2.26. The molecule has 0 aliphatic carbocycles. The van der Waals surface area contributed by atoms with Crippen LogP contribution in [-0.2, 0) is 17.7 Å². The molecule has 0 saturated carbocycles. The van der Waals surface area contributed by atoms with Gasteiger partial charge in [-0.25, -0.2) is 19.2 Å². The summed E-state index contributed by atoms with van der Waals surface area (Å²) in [5.41, 5.74) is 3.13. The van der Waals surface area contributed by atoms with E-state index in [0.29, 0.717) is 36.6 Å². The molecule has 2 aliphatic rings.